The number of fused-ring (bicyclic) bond motifs is 6. The summed E-state index contributed by atoms with van der Waals surface area (Å²) >= 11 is 0. The first-order valence-corrected chi connectivity index (χ1v) is 30.4. The molecule has 10 fully saturated rings. The molecule has 10 aliphatic rings. The van der Waals surface area contributed by atoms with Gasteiger partial charge in [0.25, 0.3) is 5.92 Å². The SMILES string of the molecule is CC1CN(c2nc(-c3cnc(N)c(OC(F)F)c3)cc(N3C[C@@H]4C[C@H]3CO4)n2)CC1F.CC1CN(c2nc(-c3cnc(N)c(OC(F)F)c3)cc(N3C[C@@H]4C[C@H]3CO4)n2)CC1F.Nc1ncc(-c2cc(N3CC4CC(C3)O4)nc(N3CCC(F)(F)C3)n2)cc1OC(F)F. The number of alkyl halides is 10. The molecule has 10 aliphatic heterocycles. The average Bonchev–Trinajstić information content (AvgIpc) is 1.78. The van der Waals surface area contributed by atoms with Gasteiger partial charge in [-0.25, -0.2) is 47.5 Å². The minimum atomic E-state index is -3.07. The van der Waals surface area contributed by atoms with E-state index in [2.05, 4.69) is 58.9 Å². The zero-order chi connectivity index (χ0) is 65.1. The van der Waals surface area contributed by atoms with Gasteiger partial charge in [0.15, 0.2) is 34.7 Å². The molecule has 0 amide bonds. The fourth-order valence-electron chi connectivity index (χ4n) is 12.9. The molecule has 6 aromatic heterocycles. The largest absolute Gasteiger partial charge is 0.431 e. The fourth-order valence-corrected chi connectivity index (χ4v) is 12.9. The van der Waals surface area contributed by atoms with Crippen molar-refractivity contribution in [3.8, 4) is 51.0 Å². The molecule has 6 unspecified atom stereocenters. The van der Waals surface area contributed by atoms with Gasteiger partial charge < -0.3 is 75.0 Å². The number of nitrogens with two attached hydrogens (primary N) is 3. The second kappa shape index (κ2) is 25.8. The summed E-state index contributed by atoms with van der Waals surface area (Å²) in [6, 6.07) is 9.76. The molecule has 0 radical (unpaired) electrons. The third-order valence-corrected chi connectivity index (χ3v) is 17.8. The second-order valence-corrected chi connectivity index (χ2v) is 24.5. The van der Waals surface area contributed by atoms with E-state index < -0.39 is 44.6 Å². The summed E-state index contributed by atoms with van der Waals surface area (Å²) in [4.78, 5) is 50.9. The summed E-state index contributed by atoms with van der Waals surface area (Å²) in [5.74, 6) is -1.37. The predicted octanol–water partition coefficient (Wildman–Crippen LogP) is 7.53. The minimum Gasteiger partial charge on any atom is -0.431 e. The van der Waals surface area contributed by atoms with Crippen LogP contribution in [0.5, 0.6) is 17.2 Å². The van der Waals surface area contributed by atoms with Gasteiger partial charge in [0.1, 0.15) is 29.8 Å². The molecule has 498 valence electrons. The highest BCUT2D eigenvalue weighted by molar-refractivity contribution is 5.71. The molecule has 6 N–H and O–H groups in total. The van der Waals surface area contributed by atoms with Crippen LogP contribution in [0.25, 0.3) is 33.8 Å². The molecule has 0 spiro atoms. The van der Waals surface area contributed by atoms with Crippen LogP contribution in [0.15, 0.2) is 55.0 Å². The number of halogens is 10. The van der Waals surface area contributed by atoms with Crippen molar-refractivity contribution in [3.63, 3.8) is 0 Å². The fraction of sp³-hybridized carbons (Fsp3) is 0.542. The molecule has 10 atom stereocenters. The molecular formula is C59H66F10N18O6. The van der Waals surface area contributed by atoms with Crippen molar-refractivity contribution >= 4 is 52.8 Å². The molecule has 0 aromatic carbocycles. The number of hydrogen-bond donors (Lipinski definition) is 3. The number of pyridine rings is 3. The third kappa shape index (κ3) is 13.9. The Labute approximate surface area is 525 Å². The first kappa shape index (κ1) is 63.2. The van der Waals surface area contributed by atoms with Crippen molar-refractivity contribution in [2.75, 3.05) is 125 Å². The zero-order valence-electron chi connectivity index (χ0n) is 50.2. The van der Waals surface area contributed by atoms with Crippen LogP contribution in [-0.2, 0) is 14.2 Å². The van der Waals surface area contributed by atoms with Crippen molar-refractivity contribution in [2.45, 2.75) is 114 Å². The molecular weight excluding hydrogens is 1250 g/mol. The van der Waals surface area contributed by atoms with Crippen LogP contribution in [-0.4, -0.2) is 198 Å². The molecule has 0 aliphatic carbocycles. The summed E-state index contributed by atoms with van der Waals surface area (Å²) in [6.07, 6.45) is 5.46. The lowest BCUT2D eigenvalue weighted by molar-refractivity contribution is -0.133. The number of anilines is 9. The first-order chi connectivity index (χ1) is 44.5. The van der Waals surface area contributed by atoms with Gasteiger partial charge in [0.05, 0.1) is 86.4 Å². The van der Waals surface area contributed by atoms with Crippen LogP contribution < -0.4 is 60.8 Å². The van der Waals surface area contributed by atoms with Gasteiger partial charge in [0.2, 0.25) is 17.8 Å². The Morgan fingerprint density at radius 3 is 1.20 bits per heavy atom. The highest BCUT2D eigenvalue weighted by Crippen LogP contribution is 2.41. The van der Waals surface area contributed by atoms with E-state index in [1.54, 1.807) is 18.2 Å². The van der Waals surface area contributed by atoms with E-state index in [9.17, 15) is 43.9 Å². The van der Waals surface area contributed by atoms with E-state index in [0.29, 0.717) is 116 Å². The smallest absolute Gasteiger partial charge is 0.387 e. The molecule has 6 bridgehead atoms. The van der Waals surface area contributed by atoms with E-state index >= 15 is 0 Å². The van der Waals surface area contributed by atoms with Gasteiger partial charge in [-0.3, -0.25) is 0 Å². The Hall–Kier alpha value is -8.53. The van der Waals surface area contributed by atoms with Gasteiger partial charge >= 0.3 is 19.8 Å². The highest BCUT2D eigenvalue weighted by Gasteiger charge is 2.44. The second-order valence-electron chi connectivity index (χ2n) is 24.5. The summed E-state index contributed by atoms with van der Waals surface area (Å²) < 4.78 is 163. The summed E-state index contributed by atoms with van der Waals surface area (Å²) in [7, 11) is 0. The van der Waals surface area contributed by atoms with Crippen molar-refractivity contribution in [3.05, 3.63) is 55.0 Å². The van der Waals surface area contributed by atoms with E-state index in [-0.39, 0.29) is 115 Å². The quantitative estimate of drug-likeness (QED) is 0.0838. The van der Waals surface area contributed by atoms with Gasteiger partial charge in [-0.2, -0.15) is 41.3 Å². The molecule has 10 saturated heterocycles. The van der Waals surface area contributed by atoms with Gasteiger partial charge in [0, 0.05) is 124 Å². The van der Waals surface area contributed by atoms with Crippen LogP contribution in [0.2, 0.25) is 0 Å². The van der Waals surface area contributed by atoms with Gasteiger partial charge in [-0.05, 0) is 31.0 Å². The van der Waals surface area contributed by atoms with Crippen LogP contribution in [0, 0.1) is 11.8 Å². The highest BCUT2D eigenvalue weighted by atomic mass is 19.3. The summed E-state index contributed by atoms with van der Waals surface area (Å²) in [6.45, 7) is -0.437. The lowest BCUT2D eigenvalue weighted by atomic mass is 9.99. The van der Waals surface area contributed by atoms with Crippen molar-refractivity contribution < 1.29 is 72.3 Å². The molecule has 34 heteroatoms. The Kier molecular flexibility index (Phi) is 17.5. The molecule has 0 saturated carbocycles. The van der Waals surface area contributed by atoms with Crippen molar-refractivity contribution in [1.82, 2.24) is 44.9 Å². The van der Waals surface area contributed by atoms with E-state index in [0.717, 1.165) is 19.3 Å². The number of rotatable bonds is 15. The number of nitrogen functional groups attached to an aromatic ring is 3. The third-order valence-electron chi connectivity index (χ3n) is 17.8. The van der Waals surface area contributed by atoms with Crippen LogP contribution in [0.3, 0.4) is 0 Å². The van der Waals surface area contributed by atoms with Crippen LogP contribution in [0.1, 0.15) is 39.5 Å². The molecule has 6 aromatic rings. The summed E-state index contributed by atoms with van der Waals surface area (Å²) in [5.41, 5.74) is 19.5. The molecule has 16 heterocycles. The van der Waals surface area contributed by atoms with Crippen molar-refractivity contribution in [1.29, 1.82) is 0 Å². The number of morpholine rings is 3. The standard InChI is InChI=1S/2C20H23F3N6O2.C19H20F4N6O2/c2*1-10-6-28(8-14(10)21)20-26-15(11-2-16(31-19(22)23)18(24)25-5-11)4-17(27-20)29-7-13-3-12(29)9-30-13;20-17(21)31-14-3-10(6-25-16(14)24)13-5-15(29-7-11-4-12(8-29)30-11)27-18(26-13)28-2-1-19(22,23)9-28/h2*2,4-5,10,12-14,19H,3,6-9H2,1H3,(H2,24,25);3,5-6,11-12,17H,1-2,4,7-9H2,(H2,24,25)/t2*10?,12-,13-,14?;/m00./s1. The Bertz CT molecular complexity index is 3480. The topological polar surface area (TPSA) is 269 Å². The van der Waals surface area contributed by atoms with Crippen LogP contribution in [0.4, 0.5) is 96.7 Å². The average molecular weight is 1310 g/mol. The van der Waals surface area contributed by atoms with Crippen molar-refractivity contribution in [2.24, 2.45) is 11.8 Å². The number of piperidine rings is 1. The number of hydrogen-bond acceptors (Lipinski definition) is 24. The van der Waals surface area contributed by atoms with E-state index in [1.807, 2.05) is 28.5 Å². The zero-order valence-corrected chi connectivity index (χ0v) is 50.2. The lowest BCUT2D eigenvalue weighted by Gasteiger charge is -2.47. The Morgan fingerprint density at radius 1 is 0.484 bits per heavy atom. The Balaban J connectivity index is 0.000000127. The van der Waals surface area contributed by atoms with E-state index in [1.165, 1.54) is 41.7 Å². The maximum Gasteiger partial charge on any atom is 0.387 e. The molecule has 93 heavy (non-hydrogen) atoms. The van der Waals surface area contributed by atoms with Gasteiger partial charge in [-0.1, -0.05) is 13.8 Å². The number of aromatic nitrogens is 9. The molecule has 24 nitrogen and oxygen atoms in total. The minimum absolute atomic E-state index is 0.112. The first-order valence-electron chi connectivity index (χ1n) is 30.4. The Morgan fingerprint density at radius 2 is 0.871 bits per heavy atom. The normalized spacial score (nSPS) is 26.5. The van der Waals surface area contributed by atoms with Crippen LogP contribution >= 0.6 is 0 Å². The van der Waals surface area contributed by atoms with E-state index in [4.69, 9.17) is 41.4 Å². The van der Waals surface area contributed by atoms with Gasteiger partial charge in [-0.15, -0.1) is 0 Å². The monoisotopic (exact) mass is 1310 g/mol. The maximum atomic E-state index is 14.2. The molecule has 16 rings (SSSR count). The number of ether oxygens (including phenoxy) is 6. The lowest BCUT2D eigenvalue weighted by Crippen LogP contribution is -2.57. The maximum absolute atomic E-state index is 14.2. The summed E-state index contributed by atoms with van der Waals surface area (Å²) in [5, 5.41) is 0. The number of nitrogens with zero attached hydrogens (tertiary/aromatic N) is 15. The predicted molar refractivity (Wildman–Crippen MR) is 320 cm³/mol.